The maximum Gasteiger partial charge on any atom is 0.149 e. The average molecular weight is 295 g/mol. The molecule has 4 heteroatoms. The summed E-state index contributed by atoms with van der Waals surface area (Å²) in [4.78, 5) is 0. The summed E-state index contributed by atoms with van der Waals surface area (Å²) < 4.78 is 26.3. The van der Waals surface area contributed by atoms with Crippen molar-refractivity contribution in [2.45, 2.75) is 10.3 Å². The van der Waals surface area contributed by atoms with Gasteiger partial charge in [-0.25, -0.2) is 8.78 Å². The van der Waals surface area contributed by atoms with Crippen molar-refractivity contribution in [3.63, 3.8) is 0 Å². The maximum atomic E-state index is 13.2. The quantitative estimate of drug-likeness (QED) is 0.572. The van der Waals surface area contributed by atoms with Crippen molar-refractivity contribution in [3.05, 3.63) is 29.3 Å². The SMILES string of the molecule is Fc1cc(F)c2c(c1)C(I)CCN2. The summed E-state index contributed by atoms with van der Waals surface area (Å²) in [6, 6.07) is 2.32. The molecule has 1 aromatic carbocycles. The van der Waals surface area contributed by atoms with Gasteiger partial charge in [-0.2, -0.15) is 0 Å². The lowest BCUT2D eigenvalue weighted by atomic mass is 10.0. The molecule has 0 saturated carbocycles. The van der Waals surface area contributed by atoms with E-state index in [2.05, 4.69) is 27.9 Å². The molecule has 70 valence electrons. The first-order valence-electron chi connectivity index (χ1n) is 4.05. The summed E-state index contributed by atoms with van der Waals surface area (Å²) in [5.74, 6) is -0.988. The lowest BCUT2D eigenvalue weighted by molar-refractivity contribution is 0.577. The van der Waals surface area contributed by atoms with Crippen LogP contribution in [0.25, 0.3) is 0 Å². The fraction of sp³-hybridized carbons (Fsp3) is 0.333. The molecule has 1 N–H and O–H groups in total. The number of hydrogen-bond donors (Lipinski definition) is 1. The molecule has 0 aliphatic carbocycles. The van der Waals surface area contributed by atoms with E-state index < -0.39 is 11.6 Å². The molecule has 0 fully saturated rings. The molecule has 0 amide bonds. The smallest absolute Gasteiger partial charge is 0.149 e. The van der Waals surface area contributed by atoms with E-state index in [0.717, 1.165) is 24.6 Å². The van der Waals surface area contributed by atoms with Crippen LogP contribution >= 0.6 is 22.6 Å². The zero-order chi connectivity index (χ0) is 9.42. The second kappa shape index (κ2) is 3.40. The van der Waals surface area contributed by atoms with Crippen LogP contribution in [0.5, 0.6) is 0 Å². The van der Waals surface area contributed by atoms with Gasteiger partial charge in [0.15, 0.2) is 0 Å². The van der Waals surface area contributed by atoms with Gasteiger partial charge in [0.2, 0.25) is 0 Å². The normalized spacial score (nSPS) is 20.7. The number of benzene rings is 1. The summed E-state index contributed by atoms with van der Waals surface area (Å²) in [6.07, 6.45) is 0.913. The van der Waals surface area contributed by atoms with Gasteiger partial charge in [0, 0.05) is 16.5 Å². The van der Waals surface area contributed by atoms with Crippen molar-refractivity contribution in [2.75, 3.05) is 11.9 Å². The molecular weight excluding hydrogens is 287 g/mol. The number of halogens is 3. The second-order valence-electron chi connectivity index (χ2n) is 3.03. The molecule has 1 aliphatic heterocycles. The zero-order valence-corrected chi connectivity index (χ0v) is 8.94. The van der Waals surface area contributed by atoms with Gasteiger partial charge in [-0.3, -0.25) is 0 Å². The van der Waals surface area contributed by atoms with Gasteiger partial charge in [-0.1, -0.05) is 22.6 Å². The largest absolute Gasteiger partial charge is 0.382 e. The fourth-order valence-corrected chi connectivity index (χ4v) is 2.31. The predicted octanol–water partition coefficient (Wildman–Crippen LogP) is 3.26. The Morgan fingerprint density at radius 3 is 2.92 bits per heavy atom. The molecule has 1 heterocycles. The third-order valence-electron chi connectivity index (χ3n) is 2.12. The number of rotatable bonds is 0. The van der Waals surface area contributed by atoms with Crippen LogP contribution in [0.4, 0.5) is 14.5 Å². The molecule has 1 atom stereocenters. The van der Waals surface area contributed by atoms with E-state index in [-0.39, 0.29) is 3.92 Å². The molecule has 2 rings (SSSR count). The zero-order valence-electron chi connectivity index (χ0n) is 6.78. The first kappa shape index (κ1) is 9.18. The van der Waals surface area contributed by atoms with Gasteiger partial charge in [0.1, 0.15) is 11.6 Å². The van der Waals surface area contributed by atoms with E-state index in [0.29, 0.717) is 5.69 Å². The minimum atomic E-state index is -0.499. The third-order valence-corrected chi connectivity index (χ3v) is 3.42. The molecular formula is C9H8F2IN. The van der Waals surface area contributed by atoms with E-state index in [9.17, 15) is 8.78 Å². The van der Waals surface area contributed by atoms with E-state index in [1.807, 2.05) is 0 Å². The van der Waals surface area contributed by atoms with E-state index in [1.165, 1.54) is 6.07 Å². The Balaban J connectivity index is 2.56. The molecule has 1 nitrogen and oxygen atoms in total. The van der Waals surface area contributed by atoms with Crippen LogP contribution in [-0.2, 0) is 0 Å². The van der Waals surface area contributed by atoms with Crippen molar-refractivity contribution >= 4 is 28.3 Å². The van der Waals surface area contributed by atoms with Crippen LogP contribution < -0.4 is 5.32 Å². The van der Waals surface area contributed by atoms with Crippen LogP contribution in [0.3, 0.4) is 0 Å². The highest BCUT2D eigenvalue weighted by molar-refractivity contribution is 14.1. The summed E-state index contributed by atoms with van der Waals surface area (Å²) in [5, 5.41) is 2.94. The monoisotopic (exact) mass is 295 g/mol. The Labute approximate surface area is 88.7 Å². The fourth-order valence-electron chi connectivity index (χ4n) is 1.51. The molecule has 0 bridgehead atoms. The lowest BCUT2D eigenvalue weighted by Crippen LogP contribution is -2.15. The van der Waals surface area contributed by atoms with Crippen LogP contribution in [0.2, 0.25) is 0 Å². The van der Waals surface area contributed by atoms with E-state index >= 15 is 0 Å². The van der Waals surface area contributed by atoms with Crippen molar-refractivity contribution in [2.24, 2.45) is 0 Å². The lowest BCUT2D eigenvalue weighted by Gasteiger charge is -2.22. The number of fused-ring (bicyclic) bond motifs is 1. The molecule has 0 radical (unpaired) electrons. The van der Waals surface area contributed by atoms with Crippen molar-refractivity contribution in [1.29, 1.82) is 0 Å². The Morgan fingerprint density at radius 1 is 1.38 bits per heavy atom. The van der Waals surface area contributed by atoms with Crippen LogP contribution in [0, 0.1) is 11.6 Å². The van der Waals surface area contributed by atoms with Gasteiger partial charge < -0.3 is 5.32 Å². The molecule has 13 heavy (non-hydrogen) atoms. The molecule has 1 aliphatic rings. The topological polar surface area (TPSA) is 12.0 Å². The van der Waals surface area contributed by atoms with Crippen LogP contribution in [-0.4, -0.2) is 6.54 Å². The summed E-state index contributed by atoms with van der Waals surface area (Å²) in [5.41, 5.74) is 1.20. The Morgan fingerprint density at radius 2 is 2.15 bits per heavy atom. The van der Waals surface area contributed by atoms with Crippen LogP contribution in [0.15, 0.2) is 12.1 Å². The Kier molecular flexibility index (Phi) is 2.40. The highest BCUT2D eigenvalue weighted by Gasteiger charge is 2.21. The van der Waals surface area contributed by atoms with Gasteiger partial charge in [0.05, 0.1) is 5.69 Å². The standard InChI is InChI=1S/C9H8F2IN/c10-5-3-6-8(12)1-2-13-9(6)7(11)4-5/h3-4,8,13H,1-2H2. The Bertz CT molecular complexity index is 341. The summed E-state index contributed by atoms with van der Waals surface area (Å²) in [7, 11) is 0. The minimum Gasteiger partial charge on any atom is -0.382 e. The number of nitrogens with one attached hydrogen (secondary N) is 1. The Hall–Kier alpha value is -0.390. The van der Waals surface area contributed by atoms with Crippen LogP contribution in [0.1, 0.15) is 15.9 Å². The van der Waals surface area contributed by atoms with Crippen molar-refractivity contribution in [1.82, 2.24) is 0 Å². The molecule has 1 aromatic rings. The van der Waals surface area contributed by atoms with Gasteiger partial charge >= 0.3 is 0 Å². The molecule has 1 unspecified atom stereocenters. The number of anilines is 1. The second-order valence-corrected chi connectivity index (χ2v) is 4.54. The first-order chi connectivity index (χ1) is 6.18. The first-order valence-corrected chi connectivity index (χ1v) is 5.30. The number of hydrogen-bond acceptors (Lipinski definition) is 1. The van der Waals surface area contributed by atoms with Crippen molar-refractivity contribution in [3.8, 4) is 0 Å². The summed E-state index contributed by atoms with van der Waals surface area (Å²) >= 11 is 2.21. The van der Waals surface area contributed by atoms with Gasteiger partial charge in [-0.05, 0) is 18.1 Å². The highest BCUT2D eigenvalue weighted by atomic mass is 127. The molecule has 0 spiro atoms. The van der Waals surface area contributed by atoms with Crippen molar-refractivity contribution < 1.29 is 8.78 Å². The predicted molar refractivity (Wildman–Crippen MR) is 56.2 cm³/mol. The van der Waals surface area contributed by atoms with E-state index in [1.54, 1.807) is 0 Å². The van der Waals surface area contributed by atoms with Gasteiger partial charge in [-0.15, -0.1) is 0 Å². The third kappa shape index (κ3) is 1.63. The molecule has 0 aromatic heterocycles. The molecule has 0 saturated heterocycles. The van der Waals surface area contributed by atoms with Gasteiger partial charge in [0.25, 0.3) is 0 Å². The number of alkyl halides is 1. The van der Waals surface area contributed by atoms with E-state index in [4.69, 9.17) is 0 Å². The average Bonchev–Trinajstić information content (AvgIpc) is 2.07. The minimum absolute atomic E-state index is 0.207. The summed E-state index contributed by atoms with van der Waals surface area (Å²) in [6.45, 7) is 0.753. The maximum absolute atomic E-state index is 13.2. The highest BCUT2D eigenvalue weighted by Crippen LogP contribution is 2.37.